The zero-order valence-electron chi connectivity index (χ0n) is 12.7. The van der Waals surface area contributed by atoms with Crippen molar-refractivity contribution < 1.29 is 19.1 Å². The predicted molar refractivity (Wildman–Crippen MR) is 81.3 cm³/mol. The third-order valence-electron chi connectivity index (χ3n) is 3.36. The highest BCUT2D eigenvalue weighted by Gasteiger charge is 2.38. The molecular formula is C16H20N2O4. The van der Waals surface area contributed by atoms with E-state index < -0.39 is 17.9 Å². The van der Waals surface area contributed by atoms with E-state index in [0.29, 0.717) is 12.3 Å². The van der Waals surface area contributed by atoms with Gasteiger partial charge in [-0.1, -0.05) is 18.7 Å². The van der Waals surface area contributed by atoms with Crippen molar-refractivity contribution in [1.82, 2.24) is 10.6 Å². The number of carbonyl (C=O) groups is 2. The van der Waals surface area contributed by atoms with Gasteiger partial charge < -0.3 is 20.1 Å². The summed E-state index contributed by atoms with van der Waals surface area (Å²) in [4.78, 5) is 23.9. The molecule has 0 spiro atoms. The maximum Gasteiger partial charge on any atom is 0.319 e. The highest BCUT2D eigenvalue weighted by Crippen LogP contribution is 2.31. The van der Waals surface area contributed by atoms with Crippen molar-refractivity contribution in [3.8, 4) is 5.75 Å². The molecule has 22 heavy (non-hydrogen) atoms. The molecule has 1 heterocycles. The van der Waals surface area contributed by atoms with Crippen molar-refractivity contribution in [3.05, 3.63) is 42.1 Å². The van der Waals surface area contributed by atoms with Gasteiger partial charge in [0.25, 0.3) is 0 Å². The Kier molecular flexibility index (Phi) is 5.04. The van der Waals surface area contributed by atoms with Crippen LogP contribution < -0.4 is 15.4 Å². The first kappa shape index (κ1) is 15.9. The summed E-state index contributed by atoms with van der Waals surface area (Å²) in [5.74, 6) is -0.354. The Morgan fingerprint density at radius 2 is 1.91 bits per heavy atom. The third kappa shape index (κ3) is 3.39. The van der Waals surface area contributed by atoms with Gasteiger partial charge in [0.05, 0.1) is 19.3 Å². The second kappa shape index (κ2) is 6.98. The highest BCUT2D eigenvalue weighted by molar-refractivity contribution is 5.85. The molecule has 0 aliphatic carbocycles. The van der Waals surface area contributed by atoms with Gasteiger partial charge in [-0.15, -0.1) is 0 Å². The molecule has 6 nitrogen and oxygen atoms in total. The summed E-state index contributed by atoms with van der Waals surface area (Å²) < 4.78 is 10.5. The topological polar surface area (TPSA) is 76.7 Å². The van der Waals surface area contributed by atoms with E-state index in [2.05, 4.69) is 17.2 Å². The average molecular weight is 304 g/mol. The largest absolute Gasteiger partial charge is 0.494 e. The number of amides is 2. The molecule has 1 fully saturated rings. The Morgan fingerprint density at radius 1 is 1.23 bits per heavy atom. The molecule has 0 radical (unpaired) electrons. The van der Waals surface area contributed by atoms with Gasteiger partial charge in [-0.3, -0.25) is 4.79 Å². The second-order valence-electron chi connectivity index (χ2n) is 4.83. The molecule has 1 saturated heterocycles. The molecule has 2 rings (SSSR count). The van der Waals surface area contributed by atoms with Crippen molar-refractivity contribution in [2.75, 3.05) is 13.2 Å². The molecule has 0 bridgehead atoms. The van der Waals surface area contributed by atoms with E-state index in [9.17, 15) is 9.59 Å². The summed E-state index contributed by atoms with van der Waals surface area (Å²) in [6.07, 6.45) is 0. The number of esters is 1. The summed E-state index contributed by atoms with van der Waals surface area (Å²) >= 11 is 0. The molecule has 2 unspecified atom stereocenters. The van der Waals surface area contributed by atoms with Crippen LogP contribution >= 0.6 is 0 Å². The first-order valence-corrected chi connectivity index (χ1v) is 7.22. The fraction of sp³-hybridized carbons (Fsp3) is 0.375. The van der Waals surface area contributed by atoms with Gasteiger partial charge in [0.1, 0.15) is 11.7 Å². The fourth-order valence-electron chi connectivity index (χ4n) is 2.41. The zero-order chi connectivity index (χ0) is 16.1. The van der Waals surface area contributed by atoms with Crippen LogP contribution in [-0.4, -0.2) is 25.2 Å². The third-order valence-corrected chi connectivity index (χ3v) is 3.36. The zero-order valence-corrected chi connectivity index (χ0v) is 12.7. The minimum atomic E-state index is -0.671. The summed E-state index contributed by atoms with van der Waals surface area (Å²) in [6.45, 7) is 8.26. The summed E-state index contributed by atoms with van der Waals surface area (Å²) in [5, 5.41) is 5.28. The molecule has 1 aromatic carbocycles. The second-order valence-corrected chi connectivity index (χ2v) is 4.83. The molecular weight excluding hydrogens is 284 g/mol. The van der Waals surface area contributed by atoms with Crippen molar-refractivity contribution in [2.24, 2.45) is 5.92 Å². The van der Waals surface area contributed by atoms with Gasteiger partial charge in [0.2, 0.25) is 0 Å². The van der Waals surface area contributed by atoms with Gasteiger partial charge in [-0.2, -0.15) is 0 Å². The normalized spacial score (nSPS) is 20.8. The van der Waals surface area contributed by atoms with Crippen LogP contribution in [0.25, 0.3) is 0 Å². The van der Waals surface area contributed by atoms with E-state index in [1.165, 1.54) is 0 Å². The number of rotatable bonds is 5. The number of hydrogen-bond acceptors (Lipinski definition) is 4. The minimum absolute atomic E-state index is 0.270. The maximum atomic E-state index is 12.2. The van der Waals surface area contributed by atoms with Crippen LogP contribution in [0.5, 0.6) is 5.75 Å². The number of nitrogens with one attached hydrogen (secondary N) is 2. The first-order chi connectivity index (χ1) is 10.6. The van der Waals surface area contributed by atoms with Crippen molar-refractivity contribution in [1.29, 1.82) is 0 Å². The molecule has 118 valence electrons. The predicted octanol–water partition coefficient (Wildman–Crippen LogP) is 2.13. The van der Waals surface area contributed by atoms with E-state index in [0.717, 1.165) is 11.3 Å². The van der Waals surface area contributed by atoms with E-state index in [4.69, 9.17) is 9.47 Å². The van der Waals surface area contributed by atoms with Crippen LogP contribution in [0, 0.1) is 5.92 Å². The summed E-state index contributed by atoms with van der Waals surface area (Å²) in [6, 6.07) is 6.35. The molecule has 0 saturated carbocycles. The lowest BCUT2D eigenvalue weighted by molar-refractivity contribution is -0.147. The Hall–Kier alpha value is -2.50. The number of benzene rings is 1. The lowest BCUT2D eigenvalue weighted by atomic mass is 9.89. The Bertz CT molecular complexity index is 568. The van der Waals surface area contributed by atoms with Gasteiger partial charge >= 0.3 is 12.0 Å². The van der Waals surface area contributed by atoms with E-state index in [1.807, 2.05) is 19.1 Å². The number of ether oxygens (including phenoxy) is 2. The number of carbonyl (C=O) groups excluding carboxylic acids is 2. The smallest absolute Gasteiger partial charge is 0.319 e. The lowest BCUT2D eigenvalue weighted by Gasteiger charge is -2.33. The number of hydrogen-bond donors (Lipinski definition) is 2. The van der Waals surface area contributed by atoms with Gasteiger partial charge in [-0.25, -0.2) is 4.79 Å². The van der Waals surface area contributed by atoms with Crippen molar-refractivity contribution in [2.45, 2.75) is 19.9 Å². The van der Waals surface area contributed by atoms with E-state index in [-0.39, 0.29) is 12.6 Å². The Labute approximate surface area is 129 Å². The fourth-order valence-corrected chi connectivity index (χ4v) is 2.41. The average Bonchev–Trinajstić information content (AvgIpc) is 2.47. The minimum Gasteiger partial charge on any atom is -0.494 e. The Balaban J connectivity index is 2.28. The van der Waals surface area contributed by atoms with E-state index in [1.54, 1.807) is 19.1 Å². The van der Waals surface area contributed by atoms with Crippen LogP contribution in [0.3, 0.4) is 0 Å². The van der Waals surface area contributed by atoms with Crippen LogP contribution in [0.4, 0.5) is 4.79 Å². The van der Waals surface area contributed by atoms with Crippen LogP contribution in [0.2, 0.25) is 0 Å². The molecule has 6 heteroatoms. The molecule has 2 amide bonds. The highest BCUT2D eigenvalue weighted by atomic mass is 16.5. The van der Waals surface area contributed by atoms with Crippen LogP contribution in [-0.2, 0) is 9.53 Å². The molecule has 1 aromatic rings. The lowest BCUT2D eigenvalue weighted by Crippen LogP contribution is -2.51. The standard InChI is InChI=1S/C16H20N2O4/c1-4-21-12-8-6-11(7-9-12)14-13(15(19)22-5-2)10(3)17-16(20)18-14/h6-9,13-14H,3-5H2,1-2H3,(H2,17,18,20). The first-order valence-electron chi connectivity index (χ1n) is 7.22. The molecule has 1 aliphatic heterocycles. The SMILES string of the molecule is C=C1NC(=O)NC(c2ccc(OCC)cc2)C1C(=O)OCC. The molecule has 2 N–H and O–H groups in total. The van der Waals surface area contributed by atoms with E-state index >= 15 is 0 Å². The van der Waals surface area contributed by atoms with Gasteiger partial charge in [0, 0.05) is 5.70 Å². The summed E-state index contributed by atoms with van der Waals surface area (Å²) in [5.41, 5.74) is 1.12. The number of urea groups is 1. The monoisotopic (exact) mass is 304 g/mol. The molecule has 0 aromatic heterocycles. The van der Waals surface area contributed by atoms with Crippen molar-refractivity contribution >= 4 is 12.0 Å². The molecule has 2 atom stereocenters. The Morgan fingerprint density at radius 3 is 2.50 bits per heavy atom. The quantitative estimate of drug-likeness (QED) is 0.817. The van der Waals surface area contributed by atoms with Crippen LogP contribution in [0.1, 0.15) is 25.5 Å². The maximum absolute atomic E-state index is 12.2. The van der Waals surface area contributed by atoms with Crippen LogP contribution in [0.15, 0.2) is 36.5 Å². The van der Waals surface area contributed by atoms with Gasteiger partial charge in [-0.05, 0) is 31.5 Å². The summed E-state index contributed by atoms with van der Waals surface area (Å²) in [7, 11) is 0. The van der Waals surface area contributed by atoms with Crippen molar-refractivity contribution in [3.63, 3.8) is 0 Å². The molecule has 1 aliphatic rings. The van der Waals surface area contributed by atoms with Gasteiger partial charge in [0.15, 0.2) is 0 Å².